The number of allylic oxidation sites excluding steroid dienone is 4. The minimum absolute atomic E-state index is 0.641. The third-order valence-electron chi connectivity index (χ3n) is 5.78. The molecular formula is C28H28N8S. The minimum Gasteiger partial charge on any atom is -0.358 e. The molecule has 0 radical (unpaired) electrons. The molecule has 0 aromatic carbocycles. The van der Waals surface area contributed by atoms with Gasteiger partial charge in [0, 0.05) is 34.6 Å². The summed E-state index contributed by atoms with van der Waals surface area (Å²) in [5, 5.41) is 13.0. The average Bonchev–Trinajstić information content (AvgIpc) is 3.64. The fourth-order valence-electron chi connectivity index (χ4n) is 4.13. The van der Waals surface area contributed by atoms with Crippen molar-refractivity contribution in [1.29, 1.82) is 0 Å². The number of thiophene rings is 1. The predicted molar refractivity (Wildman–Crippen MR) is 153 cm³/mol. The highest BCUT2D eigenvalue weighted by Crippen LogP contribution is 2.32. The molecule has 0 aliphatic rings. The van der Waals surface area contributed by atoms with Crippen molar-refractivity contribution in [2.24, 2.45) is 0 Å². The fourth-order valence-corrected chi connectivity index (χ4v) is 4.86. The SMILES string of the molecule is C=C/C(=C\C(=C/C)c1ccc2[nH]nc(-c3nc4c(-c5cccs5)cncc4[nH]3)c2n1)NC(=C)CN(C)C. The number of hydrogen-bond acceptors (Lipinski definition) is 7. The predicted octanol–water partition coefficient (Wildman–Crippen LogP) is 5.76. The number of H-pyrrole nitrogens is 2. The van der Waals surface area contributed by atoms with Gasteiger partial charge >= 0.3 is 0 Å². The quantitative estimate of drug-likeness (QED) is 0.219. The Hall–Kier alpha value is -4.34. The van der Waals surface area contributed by atoms with Gasteiger partial charge in [0.05, 0.1) is 22.9 Å². The summed E-state index contributed by atoms with van der Waals surface area (Å²) in [4.78, 5) is 20.8. The number of aromatic amines is 2. The van der Waals surface area contributed by atoms with Gasteiger partial charge in [-0.2, -0.15) is 5.10 Å². The van der Waals surface area contributed by atoms with Crippen LogP contribution in [0.25, 0.3) is 49.6 Å². The summed E-state index contributed by atoms with van der Waals surface area (Å²) in [6, 6.07) is 8.06. The van der Waals surface area contributed by atoms with Crippen molar-refractivity contribution in [1.82, 2.24) is 40.3 Å². The lowest BCUT2D eigenvalue weighted by molar-refractivity contribution is 0.438. The lowest BCUT2D eigenvalue weighted by Gasteiger charge is -2.15. The van der Waals surface area contributed by atoms with Crippen molar-refractivity contribution >= 4 is 39.0 Å². The van der Waals surface area contributed by atoms with Crippen molar-refractivity contribution in [3.63, 3.8) is 0 Å². The molecule has 5 aromatic heterocycles. The monoisotopic (exact) mass is 508 g/mol. The van der Waals surface area contributed by atoms with E-state index in [1.165, 1.54) is 0 Å². The molecule has 0 atom stereocenters. The number of hydrogen-bond donors (Lipinski definition) is 3. The van der Waals surface area contributed by atoms with E-state index in [-0.39, 0.29) is 0 Å². The van der Waals surface area contributed by atoms with E-state index in [9.17, 15) is 0 Å². The van der Waals surface area contributed by atoms with Crippen LogP contribution in [0.1, 0.15) is 12.6 Å². The van der Waals surface area contributed by atoms with E-state index >= 15 is 0 Å². The number of nitrogens with one attached hydrogen (secondary N) is 3. The zero-order chi connectivity index (χ0) is 25.9. The summed E-state index contributed by atoms with van der Waals surface area (Å²) in [5.41, 5.74) is 8.42. The van der Waals surface area contributed by atoms with Crippen LogP contribution in [0.2, 0.25) is 0 Å². The molecule has 3 N–H and O–H groups in total. The summed E-state index contributed by atoms with van der Waals surface area (Å²) in [6.07, 6.45) is 9.45. The van der Waals surface area contributed by atoms with Crippen LogP contribution in [0, 0.1) is 0 Å². The Labute approximate surface area is 219 Å². The van der Waals surface area contributed by atoms with Crippen LogP contribution in [-0.4, -0.2) is 55.7 Å². The summed E-state index contributed by atoms with van der Waals surface area (Å²) >= 11 is 1.66. The second-order valence-corrected chi connectivity index (χ2v) is 9.77. The molecule has 0 saturated carbocycles. The maximum atomic E-state index is 4.97. The number of nitrogens with zero attached hydrogens (tertiary/aromatic N) is 5. The maximum absolute atomic E-state index is 4.97. The van der Waals surface area contributed by atoms with Gasteiger partial charge in [-0.25, -0.2) is 9.97 Å². The Kier molecular flexibility index (Phi) is 6.80. The molecule has 0 amide bonds. The number of pyridine rings is 2. The van der Waals surface area contributed by atoms with Crippen LogP contribution in [-0.2, 0) is 0 Å². The zero-order valence-corrected chi connectivity index (χ0v) is 21.9. The van der Waals surface area contributed by atoms with Crippen molar-refractivity contribution in [3.8, 4) is 22.0 Å². The number of imidazole rings is 1. The van der Waals surface area contributed by atoms with Gasteiger partial charge in [0.25, 0.3) is 0 Å². The van der Waals surface area contributed by atoms with E-state index in [2.05, 4.69) is 49.6 Å². The second kappa shape index (κ2) is 10.3. The zero-order valence-electron chi connectivity index (χ0n) is 21.0. The maximum Gasteiger partial charge on any atom is 0.161 e. The standard InChI is InChI=1S/C28H28N8S/c1-6-18(13-19(7-2)30-17(3)16-36(4)5)21-10-11-22-26(31-21)27(35-34-22)28-32-23-15-29-14-20(25(23)33-28)24-9-8-12-37-24/h6-15,30H,2-3,16H2,1,4-5H3,(H,32,33)(H,34,35)/b18-6+,19-13+. The number of aromatic nitrogens is 6. The first-order chi connectivity index (χ1) is 18.0. The third kappa shape index (κ3) is 5.00. The van der Waals surface area contributed by atoms with E-state index < -0.39 is 0 Å². The highest BCUT2D eigenvalue weighted by molar-refractivity contribution is 7.13. The number of likely N-dealkylation sites (N-methyl/N-ethyl adjacent to an activating group) is 1. The van der Waals surface area contributed by atoms with Crippen LogP contribution >= 0.6 is 11.3 Å². The number of fused-ring (bicyclic) bond motifs is 2. The third-order valence-corrected chi connectivity index (χ3v) is 6.68. The molecule has 5 aromatic rings. The Bertz CT molecular complexity index is 1650. The molecule has 0 aliphatic heterocycles. The molecule has 5 rings (SSSR count). The Morgan fingerprint density at radius 3 is 2.73 bits per heavy atom. The average molecular weight is 509 g/mol. The molecule has 0 saturated heterocycles. The van der Waals surface area contributed by atoms with Gasteiger partial charge < -0.3 is 15.2 Å². The van der Waals surface area contributed by atoms with Crippen LogP contribution in [0.3, 0.4) is 0 Å². The molecule has 0 fully saturated rings. The van der Waals surface area contributed by atoms with Gasteiger partial charge in [-0.05, 0) is 62.3 Å². The lowest BCUT2D eigenvalue weighted by atomic mass is 10.1. The fraction of sp³-hybridized carbons (Fsp3) is 0.143. The largest absolute Gasteiger partial charge is 0.358 e. The molecule has 186 valence electrons. The Morgan fingerprint density at radius 1 is 1.14 bits per heavy atom. The van der Waals surface area contributed by atoms with Crippen molar-refractivity contribution in [3.05, 3.63) is 90.5 Å². The molecule has 0 spiro atoms. The molecule has 37 heavy (non-hydrogen) atoms. The Morgan fingerprint density at radius 2 is 2.00 bits per heavy atom. The first-order valence-corrected chi connectivity index (χ1v) is 12.7. The van der Waals surface area contributed by atoms with Crippen LogP contribution < -0.4 is 5.32 Å². The first-order valence-electron chi connectivity index (χ1n) is 11.8. The molecule has 9 heteroatoms. The molecule has 8 nitrogen and oxygen atoms in total. The van der Waals surface area contributed by atoms with Crippen molar-refractivity contribution in [2.75, 3.05) is 20.6 Å². The highest BCUT2D eigenvalue weighted by Gasteiger charge is 2.17. The first kappa shape index (κ1) is 24.4. The van der Waals surface area contributed by atoms with Crippen LogP contribution in [0.15, 0.2) is 84.8 Å². The van der Waals surface area contributed by atoms with Gasteiger partial charge in [0.2, 0.25) is 0 Å². The van der Waals surface area contributed by atoms with Crippen molar-refractivity contribution in [2.45, 2.75) is 6.92 Å². The van der Waals surface area contributed by atoms with E-state index in [4.69, 9.17) is 9.97 Å². The molecule has 5 heterocycles. The summed E-state index contributed by atoms with van der Waals surface area (Å²) in [5.74, 6) is 0.641. The minimum atomic E-state index is 0.641. The Balaban J connectivity index is 1.52. The summed E-state index contributed by atoms with van der Waals surface area (Å²) < 4.78 is 0. The topological polar surface area (TPSA) is 98.4 Å². The van der Waals surface area contributed by atoms with Gasteiger partial charge in [0.1, 0.15) is 11.0 Å². The van der Waals surface area contributed by atoms with E-state index in [1.54, 1.807) is 23.6 Å². The smallest absolute Gasteiger partial charge is 0.161 e. The van der Waals surface area contributed by atoms with Gasteiger partial charge in [-0.15, -0.1) is 11.3 Å². The molecule has 0 unspecified atom stereocenters. The van der Waals surface area contributed by atoms with Crippen LogP contribution in [0.4, 0.5) is 0 Å². The highest BCUT2D eigenvalue weighted by atomic mass is 32.1. The van der Waals surface area contributed by atoms with E-state index in [0.29, 0.717) is 11.5 Å². The number of rotatable bonds is 9. The van der Waals surface area contributed by atoms with Gasteiger partial charge in [-0.3, -0.25) is 10.1 Å². The van der Waals surface area contributed by atoms with E-state index in [0.717, 1.165) is 61.7 Å². The molecule has 0 aliphatic carbocycles. The second-order valence-electron chi connectivity index (χ2n) is 8.82. The van der Waals surface area contributed by atoms with E-state index in [1.807, 2.05) is 62.9 Å². The van der Waals surface area contributed by atoms with Crippen LogP contribution in [0.5, 0.6) is 0 Å². The lowest BCUT2D eigenvalue weighted by Crippen LogP contribution is -2.23. The van der Waals surface area contributed by atoms with Crippen molar-refractivity contribution < 1.29 is 0 Å². The van der Waals surface area contributed by atoms with Gasteiger partial charge in [-0.1, -0.05) is 25.3 Å². The normalized spacial score (nSPS) is 12.5. The molecule has 0 bridgehead atoms. The summed E-state index contributed by atoms with van der Waals surface area (Å²) in [7, 11) is 4.01. The summed E-state index contributed by atoms with van der Waals surface area (Å²) in [6.45, 7) is 10.8. The molecular weight excluding hydrogens is 480 g/mol. The van der Waals surface area contributed by atoms with Gasteiger partial charge in [0.15, 0.2) is 11.5 Å².